The summed E-state index contributed by atoms with van der Waals surface area (Å²) in [6.07, 6.45) is 5.21. The Kier molecular flexibility index (Phi) is 4.16. The molecule has 1 aromatic carbocycles. The Morgan fingerprint density at radius 1 is 1.04 bits per heavy atom. The molecule has 3 heterocycles. The van der Waals surface area contributed by atoms with Gasteiger partial charge in [-0.3, -0.25) is 9.78 Å². The van der Waals surface area contributed by atoms with E-state index in [-0.39, 0.29) is 5.56 Å². The molecule has 3 heteroatoms. The summed E-state index contributed by atoms with van der Waals surface area (Å²) >= 11 is 0. The van der Waals surface area contributed by atoms with E-state index in [1.54, 1.807) is 6.20 Å². The van der Waals surface area contributed by atoms with Gasteiger partial charge in [0, 0.05) is 34.9 Å². The lowest BCUT2D eigenvalue weighted by molar-refractivity contribution is 0.306. The van der Waals surface area contributed by atoms with E-state index in [0.29, 0.717) is 11.8 Å². The summed E-state index contributed by atoms with van der Waals surface area (Å²) in [6.45, 7) is 5.29. The van der Waals surface area contributed by atoms with E-state index in [0.717, 1.165) is 41.4 Å². The van der Waals surface area contributed by atoms with Crippen LogP contribution in [0.5, 0.6) is 0 Å². The first-order chi connectivity index (χ1) is 12.2. The molecule has 3 aromatic rings. The van der Waals surface area contributed by atoms with Gasteiger partial charge in [0.1, 0.15) is 0 Å². The second-order valence-electron chi connectivity index (χ2n) is 7.08. The highest BCUT2D eigenvalue weighted by Gasteiger charge is 2.26. The highest BCUT2D eigenvalue weighted by Crippen LogP contribution is 2.34. The molecule has 0 N–H and O–H groups in total. The second kappa shape index (κ2) is 6.47. The zero-order chi connectivity index (χ0) is 17.4. The predicted molar refractivity (Wildman–Crippen MR) is 103 cm³/mol. The molecule has 2 aromatic heterocycles. The zero-order valence-corrected chi connectivity index (χ0v) is 14.9. The lowest BCUT2D eigenvalue weighted by Crippen LogP contribution is -2.33. The number of pyridine rings is 2. The minimum atomic E-state index is 0.132. The maximum absolute atomic E-state index is 13.3. The van der Waals surface area contributed by atoms with Gasteiger partial charge in [0.25, 0.3) is 5.56 Å². The first-order valence-electron chi connectivity index (χ1n) is 9.30. The van der Waals surface area contributed by atoms with Gasteiger partial charge in [-0.2, -0.15) is 0 Å². The summed E-state index contributed by atoms with van der Waals surface area (Å²) < 4.78 is 2.03. The number of hydrogen-bond acceptors (Lipinski definition) is 2. The average Bonchev–Trinajstić information content (AvgIpc) is 2.67. The Bertz CT molecular complexity index is 968. The lowest BCUT2D eigenvalue weighted by Gasteiger charge is -2.32. The van der Waals surface area contributed by atoms with Gasteiger partial charge in [-0.05, 0) is 42.9 Å². The van der Waals surface area contributed by atoms with Crippen LogP contribution in [-0.2, 0) is 6.54 Å². The molecule has 3 nitrogen and oxygen atoms in total. The Morgan fingerprint density at radius 3 is 2.68 bits per heavy atom. The smallest absolute Gasteiger partial charge is 0.258 e. The van der Waals surface area contributed by atoms with Crippen molar-refractivity contribution in [2.75, 3.05) is 0 Å². The van der Waals surface area contributed by atoms with Crippen molar-refractivity contribution in [2.45, 2.75) is 45.6 Å². The average molecular weight is 332 g/mol. The van der Waals surface area contributed by atoms with Crippen molar-refractivity contribution in [1.82, 2.24) is 9.55 Å². The SMILES string of the molecule is CCC1CC(CC)c2ccc(-c3cccc4cccnc34)c(=O)n2C1. The molecule has 25 heavy (non-hydrogen) atoms. The van der Waals surface area contributed by atoms with E-state index in [9.17, 15) is 4.79 Å². The normalized spacial score (nSPS) is 19.8. The molecule has 4 rings (SSSR count). The topological polar surface area (TPSA) is 34.9 Å². The summed E-state index contributed by atoms with van der Waals surface area (Å²) in [5.74, 6) is 1.09. The number of rotatable bonds is 3. The van der Waals surface area contributed by atoms with Crippen LogP contribution in [0.25, 0.3) is 22.0 Å². The lowest BCUT2D eigenvalue weighted by atomic mass is 9.84. The van der Waals surface area contributed by atoms with Gasteiger partial charge in [-0.25, -0.2) is 0 Å². The van der Waals surface area contributed by atoms with Crippen LogP contribution in [0.15, 0.2) is 53.5 Å². The van der Waals surface area contributed by atoms with Crippen molar-refractivity contribution in [3.63, 3.8) is 0 Å². The van der Waals surface area contributed by atoms with Crippen molar-refractivity contribution in [3.8, 4) is 11.1 Å². The van der Waals surface area contributed by atoms with Gasteiger partial charge in [0.05, 0.1) is 5.52 Å². The Labute approximate surface area is 148 Å². The van der Waals surface area contributed by atoms with E-state index in [1.807, 2.05) is 41.0 Å². The molecule has 0 saturated heterocycles. The van der Waals surface area contributed by atoms with Gasteiger partial charge in [0.15, 0.2) is 0 Å². The molecule has 0 aliphatic carbocycles. The maximum Gasteiger partial charge on any atom is 0.258 e. The number of benzene rings is 1. The zero-order valence-electron chi connectivity index (χ0n) is 14.9. The van der Waals surface area contributed by atoms with Crippen molar-refractivity contribution in [3.05, 3.63) is 64.7 Å². The molecule has 0 fully saturated rings. The third-order valence-electron chi connectivity index (χ3n) is 5.68. The van der Waals surface area contributed by atoms with Crippen molar-refractivity contribution >= 4 is 10.9 Å². The Morgan fingerprint density at radius 2 is 1.88 bits per heavy atom. The fourth-order valence-corrected chi connectivity index (χ4v) is 4.19. The van der Waals surface area contributed by atoms with E-state index in [1.165, 1.54) is 12.1 Å². The number of aromatic nitrogens is 2. The summed E-state index contributed by atoms with van der Waals surface area (Å²) in [5, 5.41) is 1.07. The summed E-state index contributed by atoms with van der Waals surface area (Å²) in [7, 11) is 0. The first kappa shape index (κ1) is 16.1. The third kappa shape index (κ3) is 2.68. The van der Waals surface area contributed by atoms with Crippen LogP contribution in [-0.4, -0.2) is 9.55 Å². The van der Waals surface area contributed by atoms with Gasteiger partial charge in [-0.1, -0.05) is 44.5 Å². The second-order valence-corrected chi connectivity index (χ2v) is 7.08. The summed E-state index contributed by atoms with van der Waals surface area (Å²) in [6, 6.07) is 14.2. The standard InChI is InChI=1S/C22H24N2O/c1-3-15-13-16(4-2)20-11-10-19(22(25)24(20)14-15)18-9-5-7-17-8-6-12-23-21(17)18/h5-12,15-16H,3-4,13-14H2,1-2H3. The molecule has 0 saturated carbocycles. The molecular formula is C22H24N2O. The molecule has 128 valence electrons. The van der Waals surface area contributed by atoms with Crippen LogP contribution < -0.4 is 5.56 Å². The minimum Gasteiger partial charge on any atom is -0.312 e. The van der Waals surface area contributed by atoms with Crippen LogP contribution in [0, 0.1) is 5.92 Å². The number of nitrogens with zero attached hydrogens (tertiary/aromatic N) is 2. The summed E-state index contributed by atoms with van der Waals surface area (Å²) in [5.41, 5.74) is 3.93. The highest BCUT2D eigenvalue weighted by atomic mass is 16.1. The number of para-hydroxylation sites is 1. The molecular weight excluding hydrogens is 308 g/mol. The van der Waals surface area contributed by atoms with E-state index < -0.39 is 0 Å². The fourth-order valence-electron chi connectivity index (χ4n) is 4.19. The maximum atomic E-state index is 13.3. The van der Waals surface area contributed by atoms with Crippen molar-refractivity contribution in [2.24, 2.45) is 5.92 Å². The Balaban J connectivity index is 1.92. The van der Waals surface area contributed by atoms with Crippen LogP contribution in [0.4, 0.5) is 0 Å². The minimum absolute atomic E-state index is 0.132. The quantitative estimate of drug-likeness (QED) is 0.677. The largest absolute Gasteiger partial charge is 0.312 e. The third-order valence-corrected chi connectivity index (χ3v) is 5.68. The molecule has 2 unspecified atom stereocenters. The van der Waals surface area contributed by atoms with Gasteiger partial charge in [0.2, 0.25) is 0 Å². The number of fused-ring (bicyclic) bond motifs is 2. The molecule has 0 radical (unpaired) electrons. The first-order valence-corrected chi connectivity index (χ1v) is 9.30. The van der Waals surface area contributed by atoms with Crippen LogP contribution >= 0.6 is 0 Å². The fraction of sp³-hybridized carbons (Fsp3) is 0.364. The van der Waals surface area contributed by atoms with E-state index >= 15 is 0 Å². The predicted octanol–water partition coefficient (Wildman–Crippen LogP) is 4.99. The van der Waals surface area contributed by atoms with Crippen LogP contribution in [0.2, 0.25) is 0 Å². The molecule has 2 atom stereocenters. The van der Waals surface area contributed by atoms with E-state index in [4.69, 9.17) is 0 Å². The van der Waals surface area contributed by atoms with Gasteiger partial charge in [-0.15, -0.1) is 0 Å². The van der Waals surface area contributed by atoms with Crippen molar-refractivity contribution in [1.29, 1.82) is 0 Å². The van der Waals surface area contributed by atoms with Gasteiger partial charge >= 0.3 is 0 Å². The molecule has 1 aliphatic rings. The molecule has 1 aliphatic heterocycles. The van der Waals surface area contributed by atoms with Crippen LogP contribution in [0.3, 0.4) is 0 Å². The van der Waals surface area contributed by atoms with Crippen molar-refractivity contribution < 1.29 is 0 Å². The van der Waals surface area contributed by atoms with Gasteiger partial charge < -0.3 is 4.57 Å². The molecule has 0 spiro atoms. The highest BCUT2D eigenvalue weighted by molar-refractivity contribution is 5.93. The Hall–Kier alpha value is -2.42. The summed E-state index contributed by atoms with van der Waals surface area (Å²) in [4.78, 5) is 17.8. The van der Waals surface area contributed by atoms with E-state index in [2.05, 4.69) is 24.9 Å². The van der Waals surface area contributed by atoms with Crippen LogP contribution in [0.1, 0.15) is 44.7 Å². The molecule has 0 amide bonds. The molecule has 0 bridgehead atoms. The monoisotopic (exact) mass is 332 g/mol. The number of hydrogen-bond donors (Lipinski definition) is 0.